The smallest absolute Gasteiger partial charge is 0.224 e. The number of fused-ring (bicyclic) bond motifs is 1. The summed E-state index contributed by atoms with van der Waals surface area (Å²) in [6.07, 6.45) is 3.65. The van der Waals surface area contributed by atoms with Gasteiger partial charge in [-0.25, -0.2) is 9.97 Å². The number of carbonyl (C=O) groups excluding carboxylic acids is 2. The van der Waals surface area contributed by atoms with Crippen LogP contribution in [-0.4, -0.2) is 34.6 Å². The highest BCUT2D eigenvalue weighted by Gasteiger charge is 2.17. The molecule has 0 atom stereocenters. The number of carbonyl (C=O) groups is 2. The SMILES string of the molecule is COc1nc(-c2cccc(-c3cccc(Cc4ccc5c(C=O)c[nH]c5n4)c3Cl)c2Cl)ccc1C=O. The summed E-state index contributed by atoms with van der Waals surface area (Å²) >= 11 is 13.7. The van der Waals surface area contributed by atoms with Gasteiger partial charge in [-0.05, 0) is 29.8 Å². The Morgan fingerprint density at radius 1 is 0.833 bits per heavy atom. The Kier molecular flexibility index (Phi) is 6.55. The number of hydrogen-bond acceptors (Lipinski definition) is 5. The van der Waals surface area contributed by atoms with Gasteiger partial charge >= 0.3 is 0 Å². The molecule has 0 saturated heterocycles. The van der Waals surface area contributed by atoms with Crippen molar-refractivity contribution in [2.75, 3.05) is 7.11 Å². The van der Waals surface area contributed by atoms with Crippen LogP contribution in [0.3, 0.4) is 0 Å². The molecule has 0 bridgehead atoms. The van der Waals surface area contributed by atoms with Gasteiger partial charge in [0, 0.05) is 46.0 Å². The molecule has 0 spiro atoms. The van der Waals surface area contributed by atoms with Gasteiger partial charge in [0.2, 0.25) is 5.88 Å². The average Bonchev–Trinajstić information content (AvgIpc) is 3.32. The molecule has 3 heterocycles. The quantitative estimate of drug-likeness (QED) is 0.240. The van der Waals surface area contributed by atoms with E-state index in [0.717, 1.165) is 34.1 Å². The van der Waals surface area contributed by atoms with Crippen LogP contribution in [0.15, 0.2) is 66.9 Å². The van der Waals surface area contributed by atoms with Crippen molar-refractivity contribution in [3.05, 3.63) is 99.3 Å². The second-order valence-electron chi connectivity index (χ2n) is 8.10. The summed E-state index contributed by atoms with van der Waals surface area (Å²) in [5, 5.41) is 1.83. The van der Waals surface area contributed by atoms with E-state index in [-0.39, 0.29) is 5.88 Å². The number of aldehydes is 2. The molecule has 0 aliphatic rings. The lowest BCUT2D eigenvalue weighted by Crippen LogP contribution is -1.97. The molecule has 6 nitrogen and oxygen atoms in total. The molecule has 5 rings (SSSR count). The standard InChI is InChI=1S/C28H19Cl2N3O3/c1-36-28-17(14-34)8-11-24(33-28)23-7-3-6-22(26(23)30)21-5-2-4-16(25(21)29)12-19-9-10-20-18(15-35)13-31-27(20)32-19/h2-11,13-15H,12H2,1H3,(H,31,32). The topological polar surface area (TPSA) is 84.9 Å². The summed E-state index contributed by atoms with van der Waals surface area (Å²) in [5.74, 6) is 0.232. The lowest BCUT2D eigenvalue weighted by atomic mass is 9.97. The molecule has 0 radical (unpaired) electrons. The van der Waals surface area contributed by atoms with Gasteiger partial charge in [-0.15, -0.1) is 0 Å². The van der Waals surface area contributed by atoms with E-state index in [0.29, 0.717) is 50.8 Å². The van der Waals surface area contributed by atoms with E-state index >= 15 is 0 Å². The van der Waals surface area contributed by atoms with Gasteiger partial charge in [0.25, 0.3) is 0 Å². The number of benzene rings is 2. The molecule has 5 aromatic rings. The zero-order valence-corrected chi connectivity index (χ0v) is 20.6. The molecule has 8 heteroatoms. The van der Waals surface area contributed by atoms with Gasteiger partial charge < -0.3 is 9.72 Å². The molecule has 0 saturated carbocycles. The summed E-state index contributed by atoms with van der Waals surface area (Å²) in [7, 11) is 1.46. The first-order valence-corrected chi connectivity index (χ1v) is 11.8. The van der Waals surface area contributed by atoms with Crippen LogP contribution in [0.5, 0.6) is 5.88 Å². The Hall–Kier alpha value is -4.00. The zero-order chi connectivity index (χ0) is 25.2. The summed E-state index contributed by atoms with van der Waals surface area (Å²) in [4.78, 5) is 34.5. The fraction of sp³-hybridized carbons (Fsp3) is 0.0714. The normalized spacial score (nSPS) is 11.0. The number of rotatable bonds is 7. The van der Waals surface area contributed by atoms with Crippen LogP contribution in [0.25, 0.3) is 33.4 Å². The van der Waals surface area contributed by atoms with Gasteiger partial charge in [0.05, 0.1) is 28.4 Å². The number of methoxy groups -OCH3 is 1. The Balaban J connectivity index is 1.52. The molecular formula is C28H19Cl2N3O3. The molecule has 0 aliphatic heterocycles. The van der Waals surface area contributed by atoms with Gasteiger partial charge in [0.1, 0.15) is 5.65 Å². The Morgan fingerprint density at radius 2 is 1.56 bits per heavy atom. The fourth-order valence-corrected chi connectivity index (χ4v) is 4.79. The third kappa shape index (κ3) is 4.26. The van der Waals surface area contributed by atoms with E-state index in [1.807, 2.05) is 48.5 Å². The van der Waals surface area contributed by atoms with Crippen molar-refractivity contribution in [3.63, 3.8) is 0 Å². The van der Waals surface area contributed by atoms with Gasteiger partial charge in [-0.1, -0.05) is 59.6 Å². The number of nitrogens with zero attached hydrogens (tertiary/aromatic N) is 2. The van der Waals surface area contributed by atoms with E-state index in [1.165, 1.54) is 7.11 Å². The molecule has 0 unspecified atom stereocenters. The first-order chi connectivity index (χ1) is 17.5. The summed E-state index contributed by atoms with van der Waals surface area (Å²) in [6.45, 7) is 0. The van der Waals surface area contributed by atoms with Gasteiger partial charge in [0.15, 0.2) is 12.6 Å². The fourth-order valence-electron chi connectivity index (χ4n) is 4.17. The maximum absolute atomic E-state index is 11.2. The first-order valence-electron chi connectivity index (χ1n) is 11.0. The number of halogens is 2. The Labute approximate surface area is 216 Å². The second-order valence-corrected chi connectivity index (χ2v) is 8.85. The first kappa shape index (κ1) is 23.7. The number of nitrogens with one attached hydrogen (secondary N) is 1. The largest absolute Gasteiger partial charge is 0.480 e. The van der Waals surface area contributed by atoms with Crippen molar-refractivity contribution in [3.8, 4) is 28.3 Å². The highest BCUT2D eigenvalue weighted by molar-refractivity contribution is 6.38. The molecule has 0 aliphatic carbocycles. The number of H-pyrrole nitrogens is 1. The van der Waals surface area contributed by atoms with Crippen LogP contribution < -0.4 is 4.74 Å². The van der Waals surface area contributed by atoms with E-state index in [9.17, 15) is 9.59 Å². The Morgan fingerprint density at radius 3 is 2.31 bits per heavy atom. The summed E-state index contributed by atoms with van der Waals surface area (Å²) in [5.41, 5.74) is 6.09. The van der Waals surface area contributed by atoms with Crippen molar-refractivity contribution < 1.29 is 14.3 Å². The lowest BCUT2D eigenvalue weighted by Gasteiger charge is -2.14. The van der Waals surface area contributed by atoms with E-state index < -0.39 is 0 Å². The average molecular weight is 516 g/mol. The van der Waals surface area contributed by atoms with Gasteiger partial charge in [-0.2, -0.15) is 0 Å². The van der Waals surface area contributed by atoms with E-state index in [4.69, 9.17) is 27.9 Å². The van der Waals surface area contributed by atoms with Crippen molar-refractivity contribution in [2.24, 2.45) is 0 Å². The molecule has 3 aromatic heterocycles. The number of hydrogen-bond donors (Lipinski definition) is 1. The number of aromatic nitrogens is 3. The minimum Gasteiger partial charge on any atom is -0.480 e. The minimum atomic E-state index is 0.232. The molecule has 1 N–H and O–H groups in total. The molecule has 0 amide bonds. The van der Waals surface area contributed by atoms with Gasteiger partial charge in [-0.3, -0.25) is 9.59 Å². The zero-order valence-electron chi connectivity index (χ0n) is 19.1. The number of ether oxygens (including phenoxy) is 1. The molecule has 178 valence electrons. The van der Waals surface area contributed by atoms with Crippen molar-refractivity contribution >= 4 is 46.8 Å². The van der Waals surface area contributed by atoms with Crippen LogP contribution in [0, 0.1) is 0 Å². The Bertz CT molecular complexity index is 1630. The van der Waals surface area contributed by atoms with Crippen molar-refractivity contribution in [1.82, 2.24) is 15.0 Å². The summed E-state index contributed by atoms with van der Waals surface area (Å²) < 4.78 is 5.25. The van der Waals surface area contributed by atoms with Crippen LogP contribution >= 0.6 is 23.2 Å². The molecule has 36 heavy (non-hydrogen) atoms. The monoisotopic (exact) mass is 515 g/mol. The predicted octanol–water partition coefficient (Wildman–Crippen LogP) is 6.82. The van der Waals surface area contributed by atoms with Crippen LogP contribution in [-0.2, 0) is 6.42 Å². The maximum Gasteiger partial charge on any atom is 0.224 e. The highest BCUT2D eigenvalue weighted by Crippen LogP contribution is 2.40. The maximum atomic E-state index is 11.2. The number of aromatic amines is 1. The van der Waals surface area contributed by atoms with Crippen molar-refractivity contribution in [1.29, 1.82) is 0 Å². The predicted molar refractivity (Wildman–Crippen MR) is 141 cm³/mol. The van der Waals surface area contributed by atoms with Crippen LogP contribution in [0.2, 0.25) is 10.0 Å². The van der Waals surface area contributed by atoms with Crippen LogP contribution in [0.4, 0.5) is 0 Å². The minimum absolute atomic E-state index is 0.232. The number of pyridine rings is 2. The second kappa shape index (κ2) is 9.93. The molecule has 2 aromatic carbocycles. The van der Waals surface area contributed by atoms with E-state index in [1.54, 1.807) is 18.3 Å². The third-order valence-corrected chi connectivity index (χ3v) is 6.83. The van der Waals surface area contributed by atoms with Crippen molar-refractivity contribution in [2.45, 2.75) is 6.42 Å². The third-order valence-electron chi connectivity index (χ3n) is 5.98. The molecular weight excluding hydrogens is 497 g/mol. The van der Waals surface area contributed by atoms with E-state index in [2.05, 4.69) is 15.0 Å². The summed E-state index contributed by atoms with van der Waals surface area (Å²) in [6, 6.07) is 18.6. The van der Waals surface area contributed by atoms with Crippen LogP contribution in [0.1, 0.15) is 32.0 Å². The lowest BCUT2D eigenvalue weighted by molar-refractivity contribution is 0.111. The highest BCUT2D eigenvalue weighted by atomic mass is 35.5. The molecule has 0 fully saturated rings.